The van der Waals surface area contributed by atoms with Crippen molar-refractivity contribution in [2.75, 3.05) is 4.90 Å². The largest absolute Gasteiger partial charge is 0.311 e. The van der Waals surface area contributed by atoms with E-state index in [4.69, 9.17) is 0 Å². The Morgan fingerprint density at radius 3 is 1.31 bits per heavy atom. The Morgan fingerprint density at radius 2 is 0.694 bits per heavy atom. The van der Waals surface area contributed by atoms with Gasteiger partial charge in [-0.05, 0) is 131 Å². The second-order valence-electron chi connectivity index (χ2n) is 16.9. The van der Waals surface area contributed by atoms with Crippen LogP contribution in [0.3, 0.4) is 0 Å². The Labute approximate surface area is 364 Å². The highest BCUT2D eigenvalue weighted by Gasteiger charge is 2.37. The van der Waals surface area contributed by atoms with Gasteiger partial charge in [-0.15, -0.1) is 0 Å². The fourth-order valence-corrected chi connectivity index (χ4v) is 9.72. The highest BCUT2D eigenvalue weighted by atomic mass is 15.1. The van der Waals surface area contributed by atoms with Crippen LogP contribution in [0.2, 0.25) is 0 Å². The van der Waals surface area contributed by atoms with Crippen LogP contribution in [-0.2, 0) is 5.41 Å². The fourth-order valence-electron chi connectivity index (χ4n) is 9.72. The lowest BCUT2D eigenvalue weighted by molar-refractivity contribution is 0.662. The Kier molecular flexibility index (Phi) is 9.24. The molecule has 1 aliphatic carbocycles. The van der Waals surface area contributed by atoms with E-state index in [0.717, 1.165) is 17.1 Å². The van der Waals surface area contributed by atoms with Gasteiger partial charge in [-0.25, -0.2) is 0 Å². The second-order valence-corrected chi connectivity index (χ2v) is 16.9. The van der Waals surface area contributed by atoms with Gasteiger partial charge >= 0.3 is 0 Å². The Morgan fingerprint density at radius 1 is 0.290 bits per heavy atom. The summed E-state index contributed by atoms with van der Waals surface area (Å²) >= 11 is 0. The number of nitrogens with zero attached hydrogens (tertiary/aromatic N) is 1. The maximum absolute atomic E-state index is 2.42. The molecule has 10 aromatic carbocycles. The number of fused-ring (bicyclic) bond motifs is 4. The molecule has 0 radical (unpaired) electrons. The van der Waals surface area contributed by atoms with E-state index >= 15 is 0 Å². The lowest BCUT2D eigenvalue weighted by Gasteiger charge is -2.26. The van der Waals surface area contributed by atoms with E-state index in [1.54, 1.807) is 0 Å². The molecule has 0 fully saturated rings. The monoisotopic (exact) mass is 791 g/mol. The van der Waals surface area contributed by atoms with Gasteiger partial charge in [0.1, 0.15) is 0 Å². The second kappa shape index (κ2) is 15.4. The van der Waals surface area contributed by atoms with Gasteiger partial charge in [0.05, 0.1) is 0 Å². The molecule has 0 saturated carbocycles. The molecule has 1 heteroatoms. The van der Waals surface area contributed by atoms with Crippen LogP contribution in [0.15, 0.2) is 237 Å². The molecule has 0 N–H and O–H groups in total. The molecule has 0 amide bonds. The van der Waals surface area contributed by atoms with Crippen molar-refractivity contribution >= 4 is 27.8 Å². The minimum atomic E-state index is -0.120. The van der Waals surface area contributed by atoms with Gasteiger partial charge in [-0.1, -0.05) is 208 Å². The zero-order valence-corrected chi connectivity index (χ0v) is 35.0. The van der Waals surface area contributed by atoms with Gasteiger partial charge in [-0.3, -0.25) is 0 Å². The van der Waals surface area contributed by atoms with Crippen molar-refractivity contribution in [1.82, 2.24) is 0 Å². The first-order valence-electron chi connectivity index (χ1n) is 21.6. The van der Waals surface area contributed by atoms with Gasteiger partial charge in [0.15, 0.2) is 0 Å². The van der Waals surface area contributed by atoms with Gasteiger partial charge in [0, 0.05) is 22.5 Å². The predicted octanol–water partition coefficient (Wildman–Crippen LogP) is 17.0. The van der Waals surface area contributed by atoms with Crippen molar-refractivity contribution in [1.29, 1.82) is 0 Å². The first-order valence-corrected chi connectivity index (χ1v) is 21.6. The van der Waals surface area contributed by atoms with E-state index in [1.807, 2.05) is 0 Å². The van der Waals surface area contributed by atoms with E-state index in [9.17, 15) is 0 Å². The van der Waals surface area contributed by atoms with Crippen LogP contribution in [0.1, 0.15) is 25.0 Å². The molecule has 62 heavy (non-hydrogen) atoms. The maximum Gasteiger partial charge on any atom is 0.0462 e. The summed E-state index contributed by atoms with van der Waals surface area (Å²) < 4.78 is 0. The third kappa shape index (κ3) is 6.60. The smallest absolute Gasteiger partial charge is 0.0462 e. The quantitative estimate of drug-likeness (QED) is 0.148. The topological polar surface area (TPSA) is 3.24 Å². The molecule has 0 atom stereocenters. The highest BCUT2D eigenvalue weighted by Crippen LogP contribution is 2.53. The first-order chi connectivity index (χ1) is 30.5. The van der Waals surface area contributed by atoms with Crippen LogP contribution in [0.4, 0.5) is 17.1 Å². The first kappa shape index (κ1) is 37.3. The summed E-state index contributed by atoms with van der Waals surface area (Å²) in [5.41, 5.74) is 21.0. The summed E-state index contributed by atoms with van der Waals surface area (Å²) in [6.07, 6.45) is 0. The zero-order chi connectivity index (χ0) is 41.6. The van der Waals surface area contributed by atoms with Crippen molar-refractivity contribution in [3.05, 3.63) is 248 Å². The summed E-state index contributed by atoms with van der Waals surface area (Å²) in [7, 11) is 0. The molecule has 10 aromatic rings. The van der Waals surface area contributed by atoms with E-state index in [2.05, 4.69) is 255 Å². The Hall–Kier alpha value is -7.74. The standard InChI is InChI=1S/C61H45N/c1-61(2)59-41-50(33-40-57(59)58-22-12-21-56(60(58)61)48-15-7-4-8-16-48)46-25-23-43(24-26-46)45-29-36-52(37-30-45)62(51-34-27-44(28-35-51)42-13-5-3-6-14-42)53-38-31-49(32-39-53)55-20-11-18-47-17-9-10-19-54(47)55/h3-41H,1-2H3. The molecule has 0 saturated heterocycles. The Balaban J connectivity index is 0.892. The SMILES string of the molecule is CC1(C)c2cc(-c3ccc(-c4ccc(N(c5ccc(-c6ccccc6)cc5)c5ccc(-c6cccc7ccccc67)cc5)cc4)cc3)ccc2-c2cccc(-c3ccccc3)c21. The predicted molar refractivity (Wildman–Crippen MR) is 263 cm³/mol. The molecule has 0 bridgehead atoms. The number of benzene rings is 10. The van der Waals surface area contributed by atoms with E-state index in [0.29, 0.717) is 0 Å². The minimum absolute atomic E-state index is 0.120. The summed E-state index contributed by atoms with van der Waals surface area (Å²) in [5.74, 6) is 0. The minimum Gasteiger partial charge on any atom is -0.311 e. The summed E-state index contributed by atoms with van der Waals surface area (Å²) in [6, 6.07) is 86.3. The molecule has 0 unspecified atom stereocenters. The summed E-state index contributed by atoms with van der Waals surface area (Å²) in [5, 5.41) is 2.51. The number of hydrogen-bond donors (Lipinski definition) is 0. The molecule has 0 aliphatic heterocycles. The molecule has 11 rings (SSSR count). The van der Waals surface area contributed by atoms with Crippen LogP contribution in [0.5, 0.6) is 0 Å². The maximum atomic E-state index is 2.42. The highest BCUT2D eigenvalue weighted by molar-refractivity contribution is 5.97. The van der Waals surface area contributed by atoms with Gasteiger partial charge < -0.3 is 4.90 Å². The van der Waals surface area contributed by atoms with Crippen molar-refractivity contribution < 1.29 is 0 Å². The van der Waals surface area contributed by atoms with Crippen LogP contribution < -0.4 is 4.90 Å². The molecular formula is C61H45N. The molecule has 294 valence electrons. The van der Waals surface area contributed by atoms with Crippen molar-refractivity contribution in [2.24, 2.45) is 0 Å². The summed E-state index contributed by atoms with van der Waals surface area (Å²) in [6.45, 7) is 4.76. The normalized spacial score (nSPS) is 12.5. The van der Waals surface area contributed by atoms with Crippen LogP contribution in [0, 0.1) is 0 Å². The van der Waals surface area contributed by atoms with Gasteiger partial charge in [0.25, 0.3) is 0 Å². The van der Waals surface area contributed by atoms with E-state index in [-0.39, 0.29) is 5.41 Å². The number of hydrogen-bond acceptors (Lipinski definition) is 1. The van der Waals surface area contributed by atoms with E-state index < -0.39 is 0 Å². The lowest BCUT2D eigenvalue weighted by atomic mass is 9.78. The fraction of sp³-hybridized carbons (Fsp3) is 0.0492. The molecule has 0 spiro atoms. The average Bonchev–Trinajstić information content (AvgIpc) is 3.58. The zero-order valence-electron chi connectivity index (χ0n) is 35.0. The average molecular weight is 792 g/mol. The lowest BCUT2D eigenvalue weighted by Crippen LogP contribution is -2.16. The van der Waals surface area contributed by atoms with E-state index in [1.165, 1.54) is 88.7 Å². The number of rotatable bonds is 8. The van der Waals surface area contributed by atoms with Gasteiger partial charge in [0.2, 0.25) is 0 Å². The van der Waals surface area contributed by atoms with Gasteiger partial charge in [-0.2, -0.15) is 0 Å². The van der Waals surface area contributed by atoms with Crippen LogP contribution >= 0.6 is 0 Å². The third-order valence-electron chi connectivity index (χ3n) is 12.9. The van der Waals surface area contributed by atoms with Crippen molar-refractivity contribution in [2.45, 2.75) is 19.3 Å². The Bertz CT molecular complexity index is 3190. The molecule has 0 aromatic heterocycles. The third-order valence-corrected chi connectivity index (χ3v) is 12.9. The number of anilines is 3. The van der Waals surface area contributed by atoms with Crippen LogP contribution in [-0.4, -0.2) is 0 Å². The molecular weight excluding hydrogens is 747 g/mol. The van der Waals surface area contributed by atoms with Crippen LogP contribution in [0.25, 0.3) is 77.5 Å². The molecule has 1 aliphatic rings. The summed E-state index contributed by atoms with van der Waals surface area (Å²) in [4.78, 5) is 2.35. The molecule has 0 heterocycles. The van der Waals surface area contributed by atoms with Crippen molar-refractivity contribution in [3.63, 3.8) is 0 Å². The molecule has 1 nitrogen and oxygen atoms in total. The van der Waals surface area contributed by atoms with Crippen molar-refractivity contribution in [3.8, 4) is 66.8 Å².